The van der Waals surface area contributed by atoms with Crippen molar-refractivity contribution in [3.05, 3.63) is 114 Å². The first-order valence-corrected chi connectivity index (χ1v) is 13.6. The Balaban J connectivity index is 1.58. The Hall–Kier alpha value is -3.67. The van der Waals surface area contributed by atoms with E-state index in [0.29, 0.717) is 48.4 Å². The molecule has 0 fully saturated rings. The Morgan fingerprint density at radius 1 is 1.05 bits per heavy atom. The average Bonchev–Trinajstić information content (AvgIpc) is 3.19. The summed E-state index contributed by atoms with van der Waals surface area (Å²) in [5.74, 6) is -0.697. The minimum absolute atomic E-state index is 0.122. The lowest BCUT2D eigenvalue weighted by atomic mass is 9.80. The summed E-state index contributed by atoms with van der Waals surface area (Å²) in [4.78, 5) is 26.8. The van der Waals surface area contributed by atoms with Crippen LogP contribution in [-0.4, -0.2) is 18.4 Å². The largest absolute Gasteiger partial charge is 0.486 e. The smallest absolute Gasteiger partial charge is 0.336 e. The third-order valence-electron chi connectivity index (χ3n) is 6.61. The number of rotatable bonds is 6. The van der Waals surface area contributed by atoms with Gasteiger partial charge in [-0.25, -0.2) is 4.79 Å². The van der Waals surface area contributed by atoms with E-state index in [1.165, 1.54) is 0 Å². The fraction of sp³-hybridized carbons (Fsp3) is 0.167. The van der Waals surface area contributed by atoms with E-state index in [9.17, 15) is 14.9 Å². The molecule has 0 bridgehead atoms. The van der Waals surface area contributed by atoms with Gasteiger partial charge in [0.15, 0.2) is 5.78 Å². The maximum Gasteiger partial charge on any atom is 0.336 e. The van der Waals surface area contributed by atoms with Crippen LogP contribution in [-0.2, 0) is 16.1 Å². The van der Waals surface area contributed by atoms with Gasteiger partial charge in [0.25, 0.3) is 0 Å². The fourth-order valence-electron chi connectivity index (χ4n) is 4.93. The predicted octanol–water partition coefficient (Wildman–Crippen LogP) is 6.79. The molecule has 0 saturated heterocycles. The molecule has 6 nitrogen and oxygen atoms in total. The van der Waals surface area contributed by atoms with Crippen molar-refractivity contribution in [3.63, 3.8) is 0 Å². The molecule has 1 aliphatic heterocycles. The van der Waals surface area contributed by atoms with Crippen molar-refractivity contribution in [2.75, 3.05) is 6.61 Å². The number of allylic oxidation sites excluding steroid dienone is 2. The number of hydrogen-bond donors (Lipinski definition) is 1. The average molecular weight is 634 g/mol. The van der Waals surface area contributed by atoms with E-state index in [1.54, 1.807) is 19.1 Å². The molecule has 1 N–H and O–H groups in total. The molecular weight excluding hydrogens is 612 g/mol. The van der Waals surface area contributed by atoms with Crippen LogP contribution >= 0.6 is 31.9 Å². The molecule has 0 unspecified atom stereocenters. The minimum atomic E-state index is -0.647. The van der Waals surface area contributed by atoms with E-state index in [-0.39, 0.29) is 19.0 Å². The molecule has 0 saturated carbocycles. The lowest BCUT2D eigenvalue weighted by Crippen LogP contribution is -2.29. The van der Waals surface area contributed by atoms with Crippen molar-refractivity contribution in [1.82, 2.24) is 5.32 Å². The standard InChI is InChI=1S/C30H22Br2N2O4/c1-3-37-30(36)24-16(2)34-27-20-10-6-7-11-21(20)28(35)26(27)25(24)19-12-22(31)29(23(32)13-19)38-15-18-9-5-4-8-17(18)14-33/h4-13,25,34H,3,15H2,1-2H3/t25-/m0/s1. The predicted molar refractivity (Wildman–Crippen MR) is 150 cm³/mol. The van der Waals surface area contributed by atoms with Crippen LogP contribution in [0, 0.1) is 11.3 Å². The minimum Gasteiger partial charge on any atom is -0.486 e. The van der Waals surface area contributed by atoms with E-state index >= 15 is 0 Å². The summed E-state index contributed by atoms with van der Waals surface area (Å²) < 4.78 is 12.8. The van der Waals surface area contributed by atoms with Gasteiger partial charge in [0, 0.05) is 33.9 Å². The van der Waals surface area contributed by atoms with Crippen LogP contribution in [0.25, 0.3) is 5.70 Å². The Labute approximate surface area is 237 Å². The summed E-state index contributed by atoms with van der Waals surface area (Å²) in [6.45, 7) is 3.99. The maximum atomic E-state index is 13.7. The van der Waals surface area contributed by atoms with Crippen molar-refractivity contribution in [1.29, 1.82) is 5.26 Å². The molecule has 0 radical (unpaired) electrons. The van der Waals surface area contributed by atoms with Gasteiger partial charge in [0.05, 0.1) is 38.5 Å². The van der Waals surface area contributed by atoms with Crippen molar-refractivity contribution in [3.8, 4) is 11.8 Å². The molecule has 0 aromatic heterocycles. The second-order valence-electron chi connectivity index (χ2n) is 8.85. The zero-order valence-corrected chi connectivity index (χ0v) is 23.8. The van der Waals surface area contributed by atoms with Crippen LogP contribution in [0.3, 0.4) is 0 Å². The number of carbonyl (C=O) groups is 2. The topological polar surface area (TPSA) is 88.4 Å². The summed E-state index contributed by atoms with van der Waals surface area (Å²) in [6.07, 6.45) is 0. The molecule has 2 aliphatic rings. The van der Waals surface area contributed by atoms with Gasteiger partial charge in [-0.05, 0) is 69.5 Å². The van der Waals surface area contributed by atoms with E-state index in [1.807, 2.05) is 55.5 Å². The number of carbonyl (C=O) groups excluding carboxylic acids is 2. The summed E-state index contributed by atoms with van der Waals surface area (Å²) in [7, 11) is 0. The summed E-state index contributed by atoms with van der Waals surface area (Å²) in [5.41, 5.74) is 5.70. The van der Waals surface area contributed by atoms with Gasteiger partial charge in [-0.1, -0.05) is 42.5 Å². The SMILES string of the molecule is CCOC(=O)C1=C(C)NC2=C(C(=O)c3ccccc32)[C@H]1c1cc(Br)c(OCc2ccccc2C#N)c(Br)c1. The number of hydrogen-bond acceptors (Lipinski definition) is 6. The first kappa shape index (κ1) is 26.0. The Morgan fingerprint density at radius 2 is 1.71 bits per heavy atom. The third-order valence-corrected chi connectivity index (χ3v) is 7.79. The number of nitrogens with zero attached hydrogens (tertiary/aromatic N) is 1. The molecule has 8 heteroatoms. The Bertz CT molecular complexity index is 1580. The van der Waals surface area contributed by atoms with Gasteiger partial charge in [-0.2, -0.15) is 5.26 Å². The number of nitrogens with one attached hydrogen (secondary N) is 1. The van der Waals surface area contributed by atoms with E-state index in [0.717, 1.165) is 16.7 Å². The number of dihydropyridines is 1. The van der Waals surface area contributed by atoms with Crippen LogP contribution in [0.4, 0.5) is 0 Å². The van der Waals surface area contributed by atoms with Gasteiger partial charge in [0.2, 0.25) is 0 Å². The highest BCUT2D eigenvalue weighted by Crippen LogP contribution is 2.49. The number of benzene rings is 3. The van der Waals surface area contributed by atoms with Crippen LogP contribution in [0.15, 0.2) is 86.5 Å². The summed E-state index contributed by atoms with van der Waals surface area (Å²) in [6, 6.07) is 20.6. The van der Waals surface area contributed by atoms with Crippen molar-refractivity contribution >= 4 is 49.3 Å². The first-order valence-electron chi connectivity index (χ1n) is 12.0. The van der Waals surface area contributed by atoms with Crippen LogP contribution in [0.1, 0.15) is 52.4 Å². The Kier molecular flexibility index (Phi) is 7.24. The zero-order chi connectivity index (χ0) is 27.0. The fourth-order valence-corrected chi connectivity index (χ4v) is 6.38. The van der Waals surface area contributed by atoms with Crippen molar-refractivity contribution in [2.45, 2.75) is 26.4 Å². The van der Waals surface area contributed by atoms with Crippen LogP contribution in [0.5, 0.6) is 5.75 Å². The van der Waals surface area contributed by atoms with E-state index in [4.69, 9.17) is 9.47 Å². The molecule has 0 amide bonds. The van der Waals surface area contributed by atoms with Gasteiger partial charge < -0.3 is 14.8 Å². The number of ketones is 1. The second-order valence-corrected chi connectivity index (χ2v) is 10.6. The highest BCUT2D eigenvalue weighted by molar-refractivity contribution is 9.11. The highest BCUT2D eigenvalue weighted by atomic mass is 79.9. The number of Topliss-reactive ketones (excluding diaryl/α,β-unsaturated/α-hetero) is 1. The molecule has 1 atom stereocenters. The van der Waals surface area contributed by atoms with Gasteiger partial charge in [0.1, 0.15) is 12.4 Å². The quantitative estimate of drug-likeness (QED) is 0.301. The molecule has 3 aromatic carbocycles. The summed E-state index contributed by atoms with van der Waals surface area (Å²) >= 11 is 7.25. The van der Waals surface area contributed by atoms with E-state index in [2.05, 4.69) is 43.2 Å². The van der Waals surface area contributed by atoms with Crippen molar-refractivity contribution < 1.29 is 19.1 Å². The third kappa shape index (κ3) is 4.46. The monoisotopic (exact) mass is 632 g/mol. The number of ether oxygens (including phenoxy) is 2. The lowest BCUT2D eigenvalue weighted by Gasteiger charge is -2.29. The molecule has 3 aromatic rings. The van der Waals surface area contributed by atoms with Gasteiger partial charge in [-0.15, -0.1) is 0 Å². The number of esters is 1. The number of halogens is 2. The molecule has 0 spiro atoms. The molecule has 1 aliphatic carbocycles. The van der Waals surface area contributed by atoms with Crippen molar-refractivity contribution in [2.24, 2.45) is 0 Å². The number of fused-ring (bicyclic) bond motifs is 2. The van der Waals surface area contributed by atoms with Crippen LogP contribution < -0.4 is 10.1 Å². The first-order chi connectivity index (χ1) is 18.3. The van der Waals surface area contributed by atoms with Gasteiger partial charge in [-0.3, -0.25) is 4.79 Å². The summed E-state index contributed by atoms with van der Waals surface area (Å²) in [5, 5.41) is 12.7. The molecule has 190 valence electrons. The maximum absolute atomic E-state index is 13.7. The molecule has 38 heavy (non-hydrogen) atoms. The zero-order valence-electron chi connectivity index (χ0n) is 20.6. The molecule has 1 heterocycles. The molecular formula is C30H22Br2N2O4. The Morgan fingerprint density at radius 3 is 2.39 bits per heavy atom. The number of nitriles is 1. The lowest BCUT2D eigenvalue weighted by molar-refractivity contribution is -0.138. The van der Waals surface area contributed by atoms with Crippen LogP contribution in [0.2, 0.25) is 0 Å². The van der Waals surface area contributed by atoms with Gasteiger partial charge >= 0.3 is 5.97 Å². The second kappa shape index (κ2) is 10.6. The van der Waals surface area contributed by atoms with E-state index < -0.39 is 11.9 Å². The normalized spacial score (nSPS) is 16.0. The highest BCUT2D eigenvalue weighted by Gasteiger charge is 2.43. The molecule has 5 rings (SSSR count).